The summed E-state index contributed by atoms with van der Waals surface area (Å²) in [5.41, 5.74) is 1.17. The SMILES string of the molecule is CCCCCCCCOCC(COc1c2ccccc2c(OCC(COCCCCCCCC)OC(=O)CCCCCC)c2cc(CC)ccc12)OC(=O)CCCCCC. The highest BCUT2D eigenvalue weighted by molar-refractivity contribution is 6.11. The Labute approximate surface area is 364 Å². The lowest BCUT2D eigenvalue weighted by Gasteiger charge is -2.23. The number of aryl methyl sites for hydroxylation is 1. The van der Waals surface area contributed by atoms with Crippen molar-refractivity contribution >= 4 is 33.5 Å². The molecule has 8 heteroatoms. The molecule has 0 aliphatic carbocycles. The van der Waals surface area contributed by atoms with Gasteiger partial charge >= 0.3 is 11.9 Å². The maximum absolute atomic E-state index is 13.0. The number of fused-ring (bicyclic) bond motifs is 2. The number of rotatable bonds is 37. The van der Waals surface area contributed by atoms with Gasteiger partial charge in [0, 0.05) is 47.6 Å². The standard InChI is InChI=1S/C52H82O8/c1-6-11-15-19-21-27-35-55-38-43(59-49(53)31-23-17-13-8-3)40-57-51-45-29-25-26-30-46(45)52(48-37-42(10-5)33-34-47(48)51)58-41-44(60-50(54)32-24-18-14-9-4)39-56-36-28-22-20-16-12-7-2/h25-26,29-30,33-34,37,43-44H,6-24,27-28,31-32,35-36,38-41H2,1-5H3. The zero-order valence-electron chi connectivity index (χ0n) is 38.5. The first kappa shape index (κ1) is 51.0. The summed E-state index contributed by atoms with van der Waals surface area (Å²) >= 11 is 0. The lowest BCUT2D eigenvalue weighted by molar-refractivity contribution is -0.155. The van der Waals surface area contributed by atoms with E-state index in [4.69, 9.17) is 28.4 Å². The van der Waals surface area contributed by atoms with Gasteiger partial charge in [0.15, 0.2) is 12.2 Å². The Morgan fingerprint density at radius 2 is 0.850 bits per heavy atom. The Hall–Kier alpha value is -3.36. The van der Waals surface area contributed by atoms with Crippen molar-refractivity contribution in [3.05, 3.63) is 48.0 Å². The summed E-state index contributed by atoms with van der Waals surface area (Å²) in [6, 6.07) is 14.5. The molecule has 0 aliphatic rings. The van der Waals surface area contributed by atoms with Crippen LogP contribution >= 0.6 is 0 Å². The van der Waals surface area contributed by atoms with Crippen LogP contribution in [0.5, 0.6) is 11.5 Å². The van der Waals surface area contributed by atoms with Crippen molar-refractivity contribution in [2.24, 2.45) is 0 Å². The average Bonchev–Trinajstić information content (AvgIpc) is 3.26. The zero-order chi connectivity index (χ0) is 43.0. The van der Waals surface area contributed by atoms with Crippen LogP contribution in [0.1, 0.15) is 181 Å². The molecule has 2 atom stereocenters. The van der Waals surface area contributed by atoms with Crippen molar-refractivity contribution in [3.63, 3.8) is 0 Å². The van der Waals surface area contributed by atoms with Crippen LogP contribution in [0.25, 0.3) is 21.5 Å². The fourth-order valence-electron chi connectivity index (χ4n) is 7.54. The molecule has 0 heterocycles. The monoisotopic (exact) mass is 835 g/mol. The Morgan fingerprint density at radius 3 is 1.30 bits per heavy atom. The molecule has 0 fully saturated rings. The van der Waals surface area contributed by atoms with Gasteiger partial charge in [-0.2, -0.15) is 0 Å². The molecule has 3 rings (SSSR count). The molecule has 60 heavy (non-hydrogen) atoms. The molecular formula is C52H82O8. The Kier molecular flexibility index (Phi) is 27.5. The van der Waals surface area contributed by atoms with Crippen LogP contribution in [0.3, 0.4) is 0 Å². The molecule has 0 spiro atoms. The van der Waals surface area contributed by atoms with Crippen LogP contribution in [0.4, 0.5) is 0 Å². The van der Waals surface area contributed by atoms with Crippen LogP contribution in [-0.4, -0.2) is 63.8 Å². The maximum atomic E-state index is 13.0. The zero-order valence-corrected chi connectivity index (χ0v) is 38.5. The van der Waals surface area contributed by atoms with E-state index < -0.39 is 12.2 Å². The highest BCUT2D eigenvalue weighted by atomic mass is 16.6. The Balaban J connectivity index is 1.84. The quantitative estimate of drug-likeness (QED) is 0.0322. The molecule has 0 aliphatic heterocycles. The molecule has 0 saturated carbocycles. The molecule has 3 aromatic rings. The molecule has 0 saturated heterocycles. The van der Waals surface area contributed by atoms with Gasteiger partial charge in [-0.15, -0.1) is 0 Å². The van der Waals surface area contributed by atoms with Gasteiger partial charge in [0.2, 0.25) is 0 Å². The maximum Gasteiger partial charge on any atom is 0.306 e. The van der Waals surface area contributed by atoms with Crippen LogP contribution < -0.4 is 9.47 Å². The molecule has 8 nitrogen and oxygen atoms in total. The van der Waals surface area contributed by atoms with Crippen molar-refractivity contribution in [3.8, 4) is 11.5 Å². The van der Waals surface area contributed by atoms with Crippen LogP contribution in [-0.2, 0) is 35.0 Å². The molecule has 338 valence electrons. The van der Waals surface area contributed by atoms with Crippen LogP contribution in [0.2, 0.25) is 0 Å². The molecule has 2 unspecified atom stereocenters. The topological polar surface area (TPSA) is 89.5 Å². The van der Waals surface area contributed by atoms with Crippen molar-refractivity contribution in [2.75, 3.05) is 39.6 Å². The summed E-state index contributed by atoms with van der Waals surface area (Å²) in [6.07, 6.45) is 22.9. The minimum absolute atomic E-state index is 0.165. The van der Waals surface area contributed by atoms with Crippen molar-refractivity contribution in [1.82, 2.24) is 0 Å². The van der Waals surface area contributed by atoms with Crippen molar-refractivity contribution in [2.45, 2.75) is 195 Å². The second-order valence-electron chi connectivity index (χ2n) is 16.6. The highest BCUT2D eigenvalue weighted by Crippen LogP contribution is 2.43. The number of unbranched alkanes of at least 4 members (excludes halogenated alkanes) is 16. The number of benzene rings is 3. The molecular weight excluding hydrogens is 753 g/mol. The first-order valence-corrected chi connectivity index (χ1v) is 24.2. The van der Waals surface area contributed by atoms with Gasteiger partial charge in [0.25, 0.3) is 0 Å². The fraction of sp³-hybridized carbons (Fsp3) is 0.692. The minimum Gasteiger partial charge on any atom is -0.488 e. The van der Waals surface area contributed by atoms with Gasteiger partial charge in [-0.05, 0) is 43.7 Å². The van der Waals surface area contributed by atoms with Gasteiger partial charge in [-0.25, -0.2) is 0 Å². The number of ether oxygens (including phenoxy) is 6. The van der Waals surface area contributed by atoms with E-state index in [0.717, 1.165) is 111 Å². The second kappa shape index (κ2) is 32.4. The van der Waals surface area contributed by atoms with Crippen LogP contribution in [0.15, 0.2) is 42.5 Å². The van der Waals surface area contributed by atoms with E-state index in [1.54, 1.807) is 0 Å². The highest BCUT2D eigenvalue weighted by Gasteiger charge is 2.23. The van der Waals surface area contributed by atoms with Gasteiger partial charge in [0.1, 0.15) is 24.7 Å². The first-order chi connectivity index (χ1) is 29.4. The molecule has 0 bridgehead atoms. The second-order valence-corrected chi connectivity index (χ2v) is 16.6. The van der Waals surface area contributed by atoms with Crippen molar-refractivity contribution in [1.29, 1.82) is 0 Å². The number of hydrogen-bond donors (Lipinski definition) is 0. The number of esters is 2. The third-order valence-corrected chi connectivity index (χ3v) is 11.2. The molecule has 0 radical (unpaired) electrons. The van der Waals surface area contributed by atoms with Gasteiger partial charge in [-0.1, -0.05) is 174 Å². The Bertz CT molecular complexity index is 1590. The lowest BCUT2D eigenvalue weighted by atomic mass is 9.98. The van der Waals surface area contributed by atoms with E-state index in [9.17, 15) is 9.59 Å². The normalized spacial score (nSPS) is 12.5. The fourth-order valence-corrected chi connectivity index (χ4v) is 7.54. The van der Waals surface area contributed by atoms with Gasteiger partial charge < -0.3 is 28.4 Å². The number of carbonyl (C=O) groups is 2. The predicted molar refractivity (Wildman–Crippen MR) is 247 cm³/mol. The molecule has 0 amide bonds. The first-order valence-electron chi connectivity index (χ1n) is 24.2. The largest absolute Gasteiger partial charge is 0.488 e. The lowest BCUT2D eigenvalue weighted by Crippen LogP contribution is -2.30. The van der Waals surface area contributed by atoms with Gasteiger partial charge in [0.05, 0.1) is 13.2 Å². The minimum atomic E-state index is -0.545. The van der Waals surface area contributed by atoms with E-state index in [1.165, 1.54) is 56.9 Å². The third kappa shape index (κ3) is 20.0. The van der Waals surface area contributed by atoms with E-state index in [1.807, 2.05) is 18.2 Å². The smallest absolute Gasteiger partial charge is 0.306 e. The van der Waals surface area contributed by atoms with E-state index in [-0.39, 0.29) is 38.4 Å². The summed E-state index contributed by atoms with van der Waals surface area (Å²) < 4.78 is 37.8. The average molecular weight is 835 g/mol. The summed E-state index contributed by atoms with van der Waals surface area (Å²) in [4.78, 5) is 26.1. The molecule has 0 aromatic heterocycles. The van der Waals surface area contributed by atoms with Crippen LogP contribution in [0, 0.1) is 0 Å². The molecule has 0 N–H and O–H groups in total. The van der Waals surface area contributed by atoms with Crippen molar-refractivity contribution < 1.29 is 38.0 Å². The third-order valence-electron chi connectivity index (χ3n) is 11.2. The molecule has 3 aromatic carbocycles. The van der Waals surface area contributed by atoms with E-state index in [0.29, 0.717) is 31.8 Å². The number of carbonyl (C=O) groups excluding carboxylic acids is 2. The van der Waals surface area contributed by atoms with E-state index in [2.05, 4.69) is 58.9 Å². The van der Waals surface area contributed by atoms with Gasteiger partial charge in [-0.3, -0.25) is 9.59 Å². The number of hydrogen-bond acceptors (Lipinski definition) is 8. The van der Waals surface area contributed by atoms with E-state index >= 15 is 0 Å². The summed E-state index contributed by atoms with van der Waals surface area (Å²) in [7, 11) is 0. The Morgan fingerprint density at radius 1 is 0.450 bits per heavy atom. The summed E-state index contributed by atoms with van der Waals surface area (Å²) in [5.74, 6) is 1.02. The predicted octanol–water partition coefficient (Wildman–Crippen LogP) is 13.8. The summed E-state index contributed by atoms with van der Waals surface area (Å²) in [6.45, 7) is 13.1. The summed E-state index contributed by atoms with van der Waals surface area (Å²) in [5, 5.41) is 3.62.